The van der Waals surface area contributed by atoms with Crippen molar-refractivity contribution in [2.24, 2.45) is 0 Å². The fourth-order valence-corrected chi connectivity index (χ4v) is 3.49. The van der Waals surface area contributed by atoms with E-state index in [0.717, 1.165) is 5.56 Å². The van der Waals surface area contributed by atoms with Gasteiger partial charge in [-0.05, 0) is 36.8 Å². The van der Waals surface area contributed by atoms with E-state index in [2.05, 4.69) is 20.4 Å². The Morgan fingerprint density at radius 3 is 2.87 bits per heavy atom. The number of rotatable bonds is 4. The molecule has 31 heavy (non-hydrogen) atoms. The Bertz CT molecular complexity index is 1300. The lowest BCUT2D eigenvalue weighted by atomic mass is 10.0. The van der Waals surface area contributed by atoms with Crippen LogP contribution in [0.1, 0.15) is 27.8 Å². The standard InChI is InChI=1S/C21H18N6O4/c1-12-5-6-13(20-24-18(25-31-20)14-10-26(11-14)21(29)30)8-15(12)23-19(28)16-9-22-17-4-2-3-7-27(16)17/h2-9,14H,10-11H2,1H3,(H,23,28)(H,29,30). The van der Waals surface area contributed by atoms with E-state index in [1.807, 2.05) is 37.3 Å². The third-order valence-corrected chi connectivity index (χ3v) is 5.34. The van der Waals surface area contributed by atoms with Gasteiger partial charge in [0, 0.05) is 30.5 Å². The number of carbonyl (C=O) groups is 2. The van der Waals surface area contributed by atoms with Gasteiger partial charge in [0.25, 0.3) is 11.8 Å². The quantitative estimate of drug-likeness (QED) is 0.522. The van der Waals surface area contributed by atoms with Crippen LogP contribution < -0.4 is 5.32 Å². The van der Waals surface area contributed by atoms with Crippen molar-refractivity contribution < 1.29 is 19.2 Å². The number of carbonyl (C=O) groups excluding carboxylic acids is 1. The summed E-state index contributed by atoms with van der Waals surface area (Å²) < 4.78 is 7.10. The van der Waals surface area contributed by atoms with Crippen LogP contribution in [-0.4, -0.2) is 54.6 Å². The Labute approximate surface area is 176 Å². The van der Waals surface area contributed by atoms with Crippen LogP contribution in [0, 0.1) is 6.92 Å². The average molecular weight is 418 g/mol. The second-order valence-corrected chi connectivity index (χ2v) is 7.40. The number of nitrogens with zero attached hydrogens (tertiary/aromatic N) is 5. The summed E-state index contributed by atoms with van der Waals surface area (Å²) in [5, 5.41) is 15.9. The molecule has 0 aliphatic carbocycles. The molecule has 0 saturated carbocycles. The number of benzene rings is 1. The third kappa shape index (κ3) is 3.37. The average Bonchev–Trinajstić information content (AvgIpc) is 3.35. The number of carboxylic acid groups (broad SMARTS) is 1. The molecule has 10 nitrogen and oxygen atoms in total. The highest BCUT2D eigenvalue weighted by molar-refractivity contribution is 6.04. The number of amides is 2. The minimum Gasteiger partial charge on any atom is -0.465 e. The predicted octanol–water partition coefficient (Wildman–Crippen LogP) is 3.02. The number of likely N-dealkylation sites (tertiary alicyclic amines) is 1. The number of fused-ring (bicyclic) bond motifs is 1. The van der Waals surface area contributed by atoms with Crippen molar-refractivity contribution in [1.82, 2.24) is 24.4 Å². The summed E-state index contributed by atoms with van der Waals surface area (Å²) in [7, 11) is 0. The molecule has 0 spiro atoms. The lowest BCUT2D eigenvalue weighted by Crippen LogP contribution is -2.48. The molecule has 2 N–H and O–H groups in total. The highest BCUT2D eigenvalue weighted by Crippen LogP contribution is 2.29. The number of pyridine rings is 1. The van der Waals surface area contributed by atoms with E-state index in [4.69, 9.17) is 9.63 Å². The maximum absolute atomic E-state index is 12.8. The zero-order valence-electron chi connectivity index (χ0n) is 16.5. The molecule has 1 aliphatic rings. The molecule has 0 unspecified atom stereocenters. The molecule has 2 amide bonds. The number of anilines is 1. The molecule has 0 radical (unpaired) electrons. The van der Waals surface area contributed by atoms with Crippen molar-refractivity contribution in [2.45, 2.75) is 12.8 Å². The van der Waals surface area contributed by atoms with Crippen LogP contribution in [0.2, 0.25) is 0 Å². The fraction of sp³-hybridized carbons (Fsp3) is 0.190. The zero-order chi connectivity index (χ0) is 21.5. The number of hydrogen-bond acceptors (Lipinski definition) is 6. The van der Waals surface area contributed by atoms with Gasteiger partial charge in [0.2, 0.25) is 0 Å². The molecule has 0 bridgehead atoms. The Morgan fingerprint density at radius 2 is 2.06 bits per heavy atom. The van der Waals surface area contributed by atoms with Crippen molar-refractivity contribution in [3.05, 3.63) is 65.9 Å². The first-order valence-electron chi connectivity index (χ1n) is 9.65. The van der Waals surface area contributed by atoms with Crippen molar-refractivity contribution in [3.63, 3.8) is 0 Å². The van der Waals surface area contributed by atoms with Crippen LogP contribution >= 0.6 is 0 Å². The van der Waals surface area contributed by atoms with Gasteiger partial charge in [-0.2, -0.15) is 4.98 Å². The molecule has 1 aliphatic heterocycles. The second kappa shape index (κ2) is 7.24. The van der Waals surface area contributed by atoms with E-state index in [0.29, 0.717) is 47.4 Å². The van der Waals surface area contributed by atoms with E-state index in [1.165, 1.54) is 11.1 Å². The number of aromatic nitrogens is 4. The second-order valence-electron chi connectivity index (χ2n) is 7.40. The monoisotopic (exact) mass is 418 g/mol. The summed E-state index contributed by atoms with van der Waals surface area (Å²) in [4.78, 5) is 33.7. The Hall–Kier alpha value is -4.21. The van der Waals surface area contributed by atoms with E-state index >= 15 is 0 Å². The topological polar surface area (TPSA) is 126 Å². The molecular weight excluding hydrogens is 400 g/mol. The number of hydrogen-bond donors (Lipinski definition) is 2. The van der Waals surface area contributed by atoms with Gasteiger partial charge in [0.1, 0.15) is 11.3 Å². The van der Waals surface area contributed by atoms with Crippen molar-refractivity contribution in [1.29, 1.82) is 0 Å². The van der Waals surface area contributed by atoms with Crippen LogP contribution in [-0.2, 0) is 0 Å². The summed E-state index contributed by atoms with van der Waals surface area (Å²) in [6, 6.07) is 11.0. The molecule has 4 aromatic rings. The van der Waals surface area contributed by atoms with Crippen LogP contribution in [0.5, 0.6) is 0 Å². The first kappa shape index (κ1) is 18.8. The van der Waals surface area contributed by atoms with Crippen molar-refractivity contribution >= 4 is 23.3 Å². The first-order chi connectivity index (χ1) is 15.0. The molecular formula is C21H18N6O4. The van der Waals surface area contributed by atoms with Crippen LogP contribution in [0.25, 0.3) is 17.1 Å². The molecule has 1 fully saturated rings. The third-order valence-electron chi connectivity index (χ3n) is 5.34. The summed E-state index contributed by atoms with van der Waals surface area (Å²) in [5.74, 6) is 0.431. The number of nitrogens with one attached hydrogen (secondary N) is 1. The highest BCUT2D eigenvalue weighted by atomic mass is 16.5. The molecule has 156 valence electrons. The van der Waals surface area contributed by atoms with Crippen molar-refractivity contribution in [2.75, 3.05) is 18.4 Å². The van der Waals surface area contributed by atoms with Gasteiger partial charge in [0.15, 0.2) is 5.82 Å². The van der Waals surface area contributed by atoms with Gasteiger partial charge in [-0.3, -0.25) is 9.20 Å². The number of aryl methyl sites for hydroxylation is 1. The summed E-state index contributed by atoms with van der Waals surface area (Å²) in [5.41, 5.74) is 3.27. The van der Waals surface area contributed by atoms with E-state index in [-0.39, 0.29) is 11.8 Å². The predicted molar refractivity (Wildman–Crippen MR) is 110 cm³/mol. The van der Waals surface area contributed by atoms with E-state index in [9.17, 15) is 9.59 Å². The van der Waals surface area contributed by atoms with Crippen LogP contribution in [0.15, 0.2) is 53.3 Å². The zero-order valence-corrected chi connectivity index (χ0v) is 16.5. The maximum atomic E-state index is 12.8. The highest BCUT2D eigenvalue weighted by Gasteiger charge is 2.35. The van der Waals surface area contributed by atoms with Gasteiger partial charge >= 0.3 is 6.09 Å². The molecule has 10 heteroatoms. The van der Waals surface area contributed by atoms with Gasteiger partial charge in [-0.15, -0.1) is 0 Å². The van der Waals surface area contributed by atoms with Crippen molar-refractivity contribution in [3.8, 4) is 11.5 Å². The Morgan fingerprint density at radius 1 is 1.23 bits per heavy atom. The minimum absolute atomic E-state index is 0.0756. The Balaban J connectivity index is 1.36. The smallest absolute Gasteiger partial charge is 0.407 e. The molecule has 0 atom stereocenters. The molecule has 1 aromatic carbocycles. The fourth-order valence-electron chi connectivity index (χ4n) is 3.49. The summed E-state index contributed by atoms with van der Waals surface area (Å²) in [6.45, 7) is 2.59. The van der Waals surface area contributed by atoms with E-state index in [1.54, 1.807) is 16.7 Å². The lowest BCUT2D eigenvalue weighted by Gasteiger charge is -2.34. The Kier molecular flexibility index (Phi) is 4.39. The number of imidazole rings is 1. The largest absolute Gasteiger partial charge is 0.465 e. The maximum Gasteiger partial charge on any atom is 0.407 e. The van der Waals surface area contributed by atoms with Gasteiger partial charge in [0.05, 0.1) is 12.1 Å². The normalized spacial score (nSPS) is 13.9. The van der Waals surface area contributed by atoms with Gasteiger partial charge in [-0.25, -0.2) is 9.78 Å². The van der Waals surface area contributed by atoms with Gasteiger partial charge < -0.3 is 19.8 Å². The molecule has 3 aromatic heterocycles. The van der Waals surface area contributed by atoms with Gasteiger partial charge in [-0.1, -0.05) is 17.3 Å². The van der Waals surface area contributed by atoms with Crippen LogP contribution in [0.3, 0.4) is 0 Å². The first-order valence-corrected chi connectivity index (χ1v) is 9.65. The molecule has 5 rings (SSSR count). The lowest BCUT2D eigenvalue weighted by molar-refractivity contribution is 0.101. The van der Waals surface area contributed by atoms with Crippen LogP contribution in [0.4, 0.5) is 10.5 Å². The van der Waals surface area contributed by atoms with E-state index < -0.39 is 6.09 Å². The summed E-state index contributed by atoms with van der Waals surface area (Å²) in [6.07, 6.45) is 2.37. The SMILES string of the molecule is Cc1ccc(-c2nc(C3CN(C(=O)O)C3)no2)cc1NC(=O)c1cnc2ccccn12. The summed E-state index contributed by atoms with van der Waals surface area (Å²) >= 11 is 0. The molecule has 4 heterocycles. The molecule has 1 saturated heterocycles. The minimum atomic E-state index is -0.954.